The Morgan fingerprint density at radius 2 is 2.17 bits per heavy atom. The van der Waals surface area contributed by atoms with E-state index in [-0.39, 0.29) is 5.82 Å². The molecule has 0 amide bonds. The molecule has 3 heteroatoms. The van der Waals surface area contributed by atoms with Crippen molar-refractivity contribution in [1.29, 1.82) is 0 Å². The van der Waals surface area contributed by atoms with Crippen molar-refractivity contribution in [2.24, 2.45) is 0 Å². The maximum absolute atomic E-state index is 13.0. The van der Waals surface area contributed by atoms with Crippen LogP contribution in [0.5, 0.6) is 0 Å². The number of aryl methyl sites for hydroxylation is 1. The van der Waals surface area contributed by atoms with Crippen molar-refractivity contribution < 1.29 is 4.39 Å². The Morgan fingerprint density at radius 3 is 2.92 bits per heavy atom. The van der Waals surface area contributed by atoms with Gasteiger partial charge in [0, 0.05) is 21.0 Å². The molecule has 1 aromatic heterocycles. The lowest BCUT2D eigenvalue weighted by atomic mass is 10.1. The molecule has 2 rings (SSSR count). The summed E-state index contributed by atoms with van der Waals surface area (Å²) in [6.07, 6.45) is 0. The summed E-state index contributed by atoms with van der Waals surface area (Å²) in [4.78, 5) is 0. The summed E-state index contributed by atoms with van der Waals surface area (Å²) in [5.74, 6) is -0.163. The summed E-state index contributed by atoms with van der Waals surface area (Å²) < 4.78 is 14.0. The van der Waals surface area contributed by atoms with Crippen LogP contribution in [0.1, 0.15) is 5.56 Å². The molecule has 62 valence electrons. The molecule has 0 radical (unpaired) electrons. The summed E-state index contributed by atoms with van der Waals surface area (Å²) in [6.45, 7) is 1.77. The molecule has 0 unspecified atom stereocenters. The highest BCUT2D eigenvalue weighted by Gasteiger charge is 2.06. The van der Waals surface area contributed by atoms with Crippen molar-refractivity contribution in [3.8, 4) is 0 Å². The smallest absolute Gasteiger partial charge is 0.127 e. The highest BCUT2D eigenvalue weighted by Crippen LogP contribution is 2.31. The van der Waals surface area contributed by atoms with E-state index in [0.29, 0.717) is 5.56 Å². The lowest BCUT2D eigenvalue weighted by Gasteiger charge is -1.97. The molecule has 0 saturated carbocycles. The number of benzene rings is 1. The normalized spacial score (nSPS) is 10.8. The number of rotatable bonds is 0. The average molecular weight is 181 g/mol. The topological polar surface area (TPSA) is 26.0 Å². The Labute approximate surface area is 73.6 Å². The number of nitrogen functional groups attached to an aromatic ring is 1. The first-order valence-electron chi connectivity index (χ1n) is 3.62. The minimum atomic E-state index is -0.163. The van der Waals surface area contributed by atoms with Crippen molar-refractivity contribution >= 4 is 27.1 Å². The maximum atomic E-state index is 13.0. The van der Waals surface area contributed by atoms with Crippen LogP contribution in [0.3, 0.4) is 0 Å². The largest absolute Gasteiger partial charge is 0.398 e. The number of fused-ring (bicyclic) bond motifs is 1. The van der Waals surface area contributed by atoms with Crippen molar-refractivity contribution in [3.63, 3.8) is 0 Å². The Bertz CT molecular complexity index is 433. The van der Waals surface area contributed by atoms with E-state index in [1.165, 1.54) is 17.4 Å². The molecular formula is C9H8FNS. The summed E-state index contributed by atoms with van der Waals surface area (Å²) >= 11 is 1.49. The Morgan fingerprint density at radius 1 is 1.42 bits per heavy atom. The van der Waals surface area contributed by atoms with Crippen LogP contribution >= 0.6 is 11.3 Å². The molecule has 0 aliphatic carbocycles. The van der Waals surface area contributed by atoms with Crippen LogP contribution in [-0.2, 0) is 0 Å². The maximum Gasteiger partial charge on any atom is 0.127 e. The number of nitrogens with two attached hydrogens (primary N) is 1. The van der Waals surface area contributed by atoms with Gasteiger partial charge in [0.05, 0.1) is 5.69 Å². The van der Waals surface area contributed by atoms with E-state index < -0.39 is 0 Å². The zero-order valence-corrected chi connectivity index (χ0v) is 7.41. The van der Waals surface area contributed by atoms with Crippen LogP contribution in [0.2, 0.25) is 0 Å². The van der Waals surface area contributed by atoms with E-state index in [0.717, 1.165) is 15.8 Å². The van der Waals surface area contributed by atoms with Gasteiger partial charge in [0.15, 0.2) is 0 Å². The highest BCUT2D eigenvalue weighted by atomic mass is 32.1. The first-order valence-corrected chi connectivity index (χ1v) is 4.50. The minimum absolute atomic E-state index is 0.163. The molecule has 0 aliphatic heterocycles. The third kappa shape index (κ3) is 0.898. The van der Waals surface area contributed by atoms with Crippen LogP contribution < -0.4 is 5.73 Å². The van der Waals surface area contributed by atoms with Gasteiger partial charge in [0.25, 0.3) is 0 Å². The highest BCUT2D eigenvalue weighted by molar-refractivity contribution is 7.18. The van der Waals surface area contributed by atoms with Gasteiger partial charge in [0.1, 0.15) is 5.82 Å². The summed E-state index contributed by atoms with van der Waals surface area (Å²) in [7, 11) is 0. The van der Waals surface area contributed by atoms with Crippen LogP contribution in [0, 0.1) is 12.7 Å². The lowest BCUT2D eigenvalue weighted by Crippen LogP contribution is -1.83. The second-order valence-corrected chi connectivity index (χ2v) is 3.62. The van der Waals surface area contributed by atoms with Gasteiger partial charge in [-0.1, -0.05) is 0 Å². The van der Waals surface area contributed by atoms with E-state index in [1.807, 2.05) is 5.38 Å². The van der Waals surface area contributed by atoms with E-state index in [1.54, 1.807) is 13.0 Å². The standard InChI is InChI=1S/C9H8FNS/c1-5-7(10)3-2-6-8(11)4-12-9(5)6/h2-4H,11H2,1H3. The SMILES string of the molecule is Cc1c(F)ccc2c(N)csc12. The number of halogens is 1. The summed E-state index contributed by atoms with van der Waals surface area (Å²) in [5, 5.41) is 2.80. The van der Waals surface area contributed by atoms with Crippen molar-refractivity contribution in [1.82, 2.24) is 0 Å². The zero-order chi connectivity index (χ0) is 8.72. The van der Waals surface area contributed by atoms with Crippen LogP contribution in [0.25, 0.3) is 10.1 Å². The number of thiophene rings is 1. The van der Waals surface area contributed by atoms with E-state index in [4.69, 9.17) is 5.73 Å². The molecule has 0 fully saturated rings. The predicted molar refractivity (Wildman–Crippen MR) is 50.9 cm³/mol. The zero-order valence-electron chi connectivity index (χ0n) is 6.60. The molecule has 0 spiro atoms. The number of anilines is 1. The van der Waals surface area contributed by atoms with Gasteiger partial charge < -0.3 is 5.73 Å². The molecule has 1 nitrogen and oxygen atoms in total. The first-order chi connectivity index (χ1) is 5.70. The Balaban J connectivity index is 2.93. The van der Waals surface area contributed by atoms with E-state index >= 15 is 0 Å². The lowest BCUT2D eigenvalue weighted by molar-refractivity contribution is 0.621. The fourth-order valence-electron chi connectivity index (χ4n) is 1.23. The van der Waals surface area contributed by atoms with Gasteiger partial charge >= 0.3 is 0 Å². The first kappa shape index (κ1) is 7.55. The van der Waals surface area contributed by atoms with Crippen LogP contribution in [0.4, 0.5) is 10.1 Å². The number of hydrogen-bond acceptors (Lipinski definition) is 2. The van der Waals surface area contributed by atoms with Gasteiger partial charge in [-0.25, -0.2) is 4.39 Å². The third-order valence-electron chi connectivity index (χ3n) is 1.95. The Kier molecular flexibility index (Phi) is 1.54. The van der Waals surface area contributed by atoms with Crippen molar-refractivity contribution in [2.45, 2.75) is 6.92 Å². The van der Waals surface area contributed by atoms with Gasteiger partial charge in [-0.05, 0) is 19.1 Å². The fraction of sp³-hybridized carbons (Fsp3) is 0.111. The van der Waals surface area contributed by atoms with Gasteiger partial charge in [0.2, 0.25) is 0 Å². The molecule has 0 aliphatic rings. The molecule has 2 aromatic rings. The van der Waals surface area contributed by atoms with Crippen molar-refractivity contribution in [2.75, 3.05) is 5.73 Å². The molecule has 0 bridgehead atoms. The van der Waals surface area contributed by atoms with Crippen LogP contribution in [-0.4, -0.2) is 0 Å². The average Bonchev–Trinajstić information content (AvgIpc) is 2.41. The Hall–Kier alpha value is -1.09. The minimum Gasteiger partial charge on any atom is -0.398 e. The summed E-state index contributed by atoms with van der Waals surface area (Å²) in [5.41, 5.74) is 7.11. The molecule has 2 N–H and O–H groups in total. The second-order valence-electron chi connectivity index (χ2n) is 2.74. The molecule has 1 heterocycles. The van der Waals surface area contributed by atoms with Gasteiger partial charge in [-0.2, -0.15) is 0 Å². The molecule has 12 heavy (non-hydrogen) atoms. The van der Waals surface area contributed by atoms with E-state index in [9.17, 15) is 4.39 Å². The quantitative estimate of drug-likeness (QED) is 0.664. The van der Waals surface area contributed by atoms with Gasteiger partial charge in [-0.15, -0.1) is 11.3 Å². The molecule has 0 saturated heterocycles. The van der Waals surface area contributed by atoms with Crippen molar-refractivity contribution in [3.05, 3.63) is 28.9 Å². The number of hydrogen-bond donors (Lipinski definition) is 1. The fourth-order valence-corrected chi connectivity index (χ4v) is 2.19. The monoisotopic (exact) mass is 181 g/mol. The molecule has 0 atom stereocenters. The third-order valence-corrected chi connectivity index (χ3v) is 3.09. The molecule has 1 aromatic carbocycles. The molecular weight excluding hydrogens is 173 g/mol. The predicted octanol–water partition coefficient (Wildman–Crippen LogP) is 2.93. The summed E-state index contributed by atoms with van der Waals surface area (Å²) in [6, 6.07) is 3.18. The van der Waals surface area contributed by atoms with Gasteiger partial charge in [-0.3, -0.25) is 0 Å². The second kappa shape index (κ2) is 2.45. The van der Waals surface area contributed by atoms with Crippen LogP contribution in [0.15, 0.2) is 17.5 Å². The van der Waals surface area contributed by atoms with E-state index in [2.05, 4.69) is 0 Å².